The maximum atomic E-state index is 14.4. The predicted molar refractivity (Wildman–Crippen MR) is 154 cm³/mol. The number of phenolic OH excluding ortho intramolecular Hbond substituents is 1. The molecule has 232 valence electrons. The van der Waals surface area contributed by atoms with E-state index >= 15 is 0 Å². The molecular formula is C33H40O10. The van der Waals surface area contributed by atoms with Gasteiger partial charge in [-0.25, -0.2) is 4.79 Å². The summed E-state index contributed by atoms with van der Waals surface area (Å²) in [6.45, 7) is 11.0. The van der Waals surface area contributed by atoms with Crippen LogP contribution in [0.1, 0.15) is 88.7 Å². The number of unbranched alkanes of at least 4 members (excludes halogenated alkanes) is 1. The molecule has 0 aromatic heterocycles. The lowest BCUT2D eigenvalue weighted by Gasteiger charge is -2.65. The Bertz CT molecular complexity index is 1460. The Morgan fingerprint density at radius 3 is 2.28 bits per heavy atom. The Morgan fingerprint density at radius 1 is 1.09 bits per heavy atom. The minimum Gasteiger partial charge on any atom is -0.507 e. The van der Waals surface area contributed by atoms with Gasteiger partial charge in [0.1, 0.15) is 17.5 Å². The molecule has 3 unspecified atom stereocenters. The lowest BCUT2D eigenvalue weighted by atomic mass is 9.37. The monoisotopic (exact) mass is 596 g/mol. The summed E-state index contributed by atoms with van der Waals surface area (Å²) >= 11 is 0. The topological polar surface area (TPSA) is 172 Å². The zero-order valence-corrected chi connectivity index (χ0v) is 25.6. The third-order valence-corrected chi connectivity index (χ3v) is 10.4. The van der Waals surface area contributed by atoms with Crippen molar-refractivity contribution in [3.63, 3.8) is 0 Å². The second-order valence-electron chi connectivity index (χ2n) is 13.0. The SMILES string of the molecule is CCCCOC(=O)/C=C/c1ccc2c(c1O)C(=O)C1C(=O)[C@@]3(O)C(=O)C(C(C)=O)C(=O)C(C(C)C)[C@@]3(C)[C@H](O)[C@@]1(C)[C@@H]2C. The van der Waals surface area contributed by atoms with Crippen molar-refractivity contribution in [2.24, 2.45) is 34.5 Å². The van der Waals surface area contributed by atoms with Crippen LogP contribution in [-0.2, 0) is 28.7 Å². The first-order valence-electron chi connectivity index (χ1n) is 14.7. The van der Waals surface area contributed by atoms with Crippen LogP contribution in [0.5, 0.6) is 5.75 Å². The number of aliphatic hydroxyl groups is 2. The number of hydrogen-bond acceptors (Lipinski definition) is 10. The highest BCUT2D eigenvalue weighted by molar-refractivity contribution is 6.33. The Hall–Kier alpha value is -3.50. The summed E-state index contributed by atoms with van der Waals surface area (Å²) in [5.41, 5.74) is -6.51. The molecule has 3 aliphatic rings. The first-order valence-corrected chi connectivity index (χ1v) is 14.7. The van der Waals surface area contributed by atoms with Crippen molar-refractivity contribution in [2.75, 3.05) is 6.61 Å². The molecule has 0 spiro atoms. The Morgan fingerprint density at radius 2 is 1.72 bits per heavy atom. The zero-order chi connectivity index (χ0) is 32.4. The number of aromatic hydroxyl groups is 1. The highest BCUT2D eigenvalue weighted by atomic mass is 16.5. The number of rotatable bonds is 7. The van der Waals surface area contributed by atoms with Crippen LogP contribution in [0.4, 0.5) is 0 Å². The van der Waals surface area contributed by atoms with Crippen molar-refractivity contribution < 1.29 is 48.8 Å². The minimum atomic E-state index is -3.03. The number of ketones is 5. The number of esters is 1. The number of Topliss-reactive ketones (excluding diaryl/α,β-unsaturated/α-hetero) is 5. The average Bonchev–Trinajstić information content (AvgIpc) is 2.92. The molecule has 1 aromatic rings. The second-order valence-corrected chi connectivity index (χ2v) is 13.0. The maximum Gasteiger partial charge on any atom is 0.330 e. The number of ether oxygens (including phenoxy) is 1. The highest BCUT2D eigenvalue weighted by Crippen LogP contribution is 2.66. The molecule has 4 rings (SSSR count). The van der Waals surface area contributed by atoms with Gasteiger partial charge in [0.2, 0.25) is 0 Å². The number of carbonyl (C=O) groups excluding carboxylic acids is 6. The molecule has 0 aliphatic heterocycles. The summed E-state index contributed by atoms with van der Waals surface area (Å²) in [7, 11) is 0. The van der Waals surface area contributed by atoms with Gasteiger partial charge in [0.05, 0.1) is 24.2 Å². The Kier molecular flexibility index (Phi) is 8.21. The summed E-state index contributed by atoms with van der Waals surface area (Å²) in [6.07, 6.45) is 2.17. The largest absolute Gasteiger partial charge is 0.507 e. The van der Waals surface area contributed by atoms with Gasteiger partial charge in [-0.3, -0.25) is 24.0 Å². The molecule has 10 heteroatoms. The van der Waals surface area contributed by atoms with E-state index in [1.54, 1.807) is 26.8 Å². The molecule has 2 fully saturated rings. The molecule has 8 atom stereocenters. The number of aliphatic hydroxyl groups excluding tert-OH is 1. The van der Waals surface area contributed by atoms with E-state index in [-0.39, 0.29) is 17.7 Å². The van der Waals surface area contributed by atoms with Crippen LogP contribution in [0.2, 0.25) is 0 Å². The summed E-state index contributed by atoms with van der Waals surface area (Å²) in [6, 6.07) is 3.05. The van der Waals surface area contributed by atoms with Crippen molar-refractivity contribution in [2.45, 2.75) is 78.9 Å². The molecule has 0 saturated heterocycles. The van der Waals surface area contributed by atoms with Crippen molar-refractivity contribution in [3.05, 3.63) is 34.9 Å². The van der Waals surface area contributed by atoms with Gasteiger partial charge >= 0.3 is 5.97 Å². The van der Waals surface area contributed by atoms with E-state index in [1.165, 1.54) is 26.0 Å². The predicted octanol–water partition coefficient (Wildman–Crippen LogP) is 2.98. The number of carbonyl (C=O) groups is 6. The summed E-state index contributed by atoms with van der Waals surface area (Å²) in [4.78, 5) is 80.7. The fraction of sp³-hybridized carbons (Fsp3) is 0.576. The van der Waals surface area contributed by atoms with Gasteiger partial charge in [0, 0.05) is 28.4 Å². The average molecular weight is 597 g/mol. The number of benzene rings is 1. The summed E-state index contributed by atoms with van der Waals surface area (Å²) < 4.78 is 5.09. The third kappa shape index (κ3) is 4.20. The van der Waals surface area contributed by atoms with E-state index in [0.717, 1.165) is 19.4 Å². The summed E-state index contributed by atoms with van der Waals surface area (Å²) in [5.74, 6) is -12.6. The van der Waals surface area contributed by atoms with Crippen LogP contribution < -0.4 is 0 Å². The van der Waals surface area contributed by atoms with E-state index in [0.29, 0.717) is 12.0 Å². The lowest BCUT2D eigenvalue weighted by Crippen LogP contribution is -2.81. The minimum absolute atomic E-state index is 0.0959. The second kappa shape index (κ2) is 10.9. The van der Waals surface area contributed by atoms with Crippen molar-refractivity contribution in [1.82, 2.24) is 0 Å². The number of fused-ring (bicyclic) bond motifs is 3. The number of hydrogen-bond donors (Lipinski definition) is 3. The van der Waals surface area contributed by atoms with Gasteiger partial charge < -0.3 is 20.1 Å². The highest BCUT2D eigenvalue weighted by Gasteiger charge is 2.80. The molecule has 1 aromatic carbocycles. The molecule has 0 amide bonds. The van der Waals surface area contributed by atoms with Crippen molar-refractivity contribution in [1.29, 1.82) is 0 Å². The van der Waals surface area contributed by atoms with Gasteiger partial charge in [-0.15, -0.1) is 0 Å². The van der Waals surface area contributed by atoms with Crippen LogP contribution in [0.15, 0.2) is 18.2 Å². The molecular weight excluding hydrogens is 556 g/mol. The van der Waals surface area contributed by atoms with Gasteiger partial charge in [-0.2, -0.15) is 0 Å². The molecule has 0 heterocycles. The van der Waals surface area contributed by atoms with Gasteiger partial charge in [-0.05, 0) is 36.8 Å². The van der Waals surface area contributed by atoms with Gasteiger partial charge in [-0.1, -0.05) is 60.1 Å². The van der Waals surface area contributed by atoms with E-state index in [1.807, 2.05) is 6.92 Å². The molecule has 10 nitrogen and oxygen atoms in total. The molecule has 2 saturated carbocycles. The Balaban J connectivity index is 1.90. The molecule has 43 heavy (non-hydrogen) atoms. The standard InChI is InChI=1S/C33H40O10/c1-8-9-14-43-20(35)13-11-18-10-12-19-16(4)31(6)24(27(38)22(19)25(18)36)29(40)33(42)28(39)21(17(5)34)26(37)23(15(2)3)32(33,7)30(31)41/h10-13,15-16,21,23-24,30,36,41-42H,8-9,14H2,1-7H3/b13-11+/t16-,21?,23?,24?,30-,31+,32+,33+/m1/s1. The maximum absolute atomic E-state index is 14.4. The van der Waals surface area contributed by atoms with Crippen LogP contribution in [0.25, 0.3) is 6.08 Å². The van der Waals surface area contributed by atoms with Crippen LogP contribution in [-0.4, -0.2) is 68.5 Å². The van der Waals surface area contributed by atoms with Crippen LogP contribution >= 0.6 is 0 Å². The first kappa shape index (κ1) is 32.4. The Labute approximate surface area is 250 Å². The molecule has 0 radical (unpaired) electrons. The van der Waals surface area contributed by atoms with E-state index in [2.05, 4.69) is 0 Å². The van der Waals surface area contributed by atoms with E-state index in [4.69, 9.17) is 4.74 Å². The molecule has 0 bridgehead atoms. The van der Waals surface area contributed by atoms with Crippen molar-refractivity contribution in [3.8, 4) is 5.75 Å². The van der Waals surface area contributed by atoms with Crippen molar-refractivity contribution >= 4 is 41.0 Å². The molecule has 3 N–H and O–H groups in total. The lowest BCUT2D eigenvalue weighted by molar-refractivity contribution is -0.240. The quantitative estimate of drug-likeness (QED) is 0.184. The van der Waals surface area contributed by atoms with Gasteiger partial charge in [0.25, 0.3) is 0 Å². The fourth-order valence-electron chi connectivity index (χ4n) is 8.03. The van der Waals surface area contributed by atoms with E-state index < -0.39 is 92.8 Å². The summed E-state index contributed by atoms with van der Waals surface area (Å²) in [5, 5.41) is 35.5. The zero-order valence-electron chi connectivity index (χ0n) is 25.6. The number of phenols is 1. The first-order chi connectivity index (χ1) is 19.9. The normalized spacial score (nSPS) is 35.5. The smallest absolute Gasteiger partial charge is 0.330 e. The van der Waals surface area contributed by atoms with Crippen LogP contribution in [0.3, 0.4) is 0 Å². The van der Waals surface area contributed by atoms with E-state index in [9.17, 15) is 44.1 Å². The van der Waals surface area contributed by atoms with Gasteiger partial charge in [0.15, 0.2) is 28.7 Å². The molecule has 3 aliphatic carbocycles. The fourth-order valence-corrected chi connectivity index (χ4v) is 8.03. The third-order valence-electron chi connectivity index (χ3n) is 10.4. The van der Waals surface area contributed by atoms with Crippen LogP contribution in [0, 0.1) is 34.5 Å².